The molecule has 1 aromatic heterocycles. The van der Waals surface area contributed by atoms with E-state index in [4.69, 9.17) is 16.9 Å². The van der Waals surface area contributed by atoms with Gasteiger partial charge in [0.05, 0.1) is 0 Å². The van der Waals surface area contributed by atoms with Gasteiger partial charge < -0.3 is 0 Å². The van der Waals surface area contributed by atoms with Crippen molar-refractivity contribution in [2.24, 2.45) is 14.1 Å². The van der Waals surface area contributed by atoms with Crippen molar-refractivity contribution in [2.45, 2.75) is 9.92 Å². The van der Waals surface area contributed by atoms with Crippen LogP contribution in [0.3, 0.4) is 0 Å². The maximum atomic E-state index is 11.9. The fraction of sp³-hybridized carbons (Fsp3) is 0.154. The summed E-state index contributed by atoms with van der Waals surface area (Å²) < 4.78 is 2.21. The molecule has 0 amide bonds. The monoisotopic (exact) mass is 307 g/mol. The molecule has 0 aliphatic rings. The van der Waals surface area contributed by atoms with Crippen molar-refractivity contribution < 1.29 is 0 Å². The number of benzene rings is 1. The first-order valence-corrected chi connectivity index (χ1v) is 6.78. The molecule has 2 rings (SSSR count). The highest BCUT2D eigenvalue weighted by molar-refractivity contribution is 7.99. The van der Waals surface area contributed by atoms with Gasteiger partial charge in [0.15, 0.2) is 0 Å². The molecule has 0 spiro atoms. The summed E-state index contributed by atoms with van der Waals surface area (Å²) in [5.74, 6) is 0. The minimum Gasteiger partial charge on any atom is -0.290 e. The van der Waals surface area contributed by atoms with Crippen LogP contribution >= 0.6 is 23.4 Å². The lowest BCUT2D eigenvalue weighted by atomic mass is 10.3. The highest BCUT2D eigenvalue weighted by Crippen LogP contribution is 2.28. The largest absolute Gasteiger partial charge is 0.331 e. The van der Waals surface area contributed by atoms with Crippen LogP contribution in [0.15, 0.2) is 43.8 Å². The van der Waals surface area contributed by atoms with Crippen LogP contribution in [0.4, 0.5) is 0 Å². The molecular formula is C13H10ClN3O2S. The maximum Gasteiger partial charge on any atom is 0.331 e. The number of hydrogen-bond acceptors (Lipinski definition) is 4. The highest BCUT2D eigenvalue weighted by Gasteiger charge is 2.16. The molecule has 5 nitrogen and oxygen atoms in total. The van der Waals surface area contributed by atoms with E-state index < -0.39 is 11.2 Å². The van der Waals surface area contributed by atoms with Crippen LogP contribution in [-0.2, 0) is 14.1 Å². The topological polar surface area (TPSA) is 67.8 Å². The molecule has 0 unspecified atom stereocenters. The molecule has 7 heteroatoms. The third-order valence-corrected chi connectivity index (χ3v) is 4.18. The van der Waals surface area contributed by atoms with Crippen LogP contribution < -0.4 is 11.2 Å². The third kappa shape index (κ3) is 2.50. The van der Waals surface area contributed by atoms with E-state index in [0.717, 1.165) is 9.46 Å². The zero-order chi connectivity index (χ0) is 14.9. The summed E-state index contributed by atoms with van der Waals surface area (Å²) in [6.07, 6.45) is 0. The third-order valence-electron chi connectivity index (χ3n) is 2.75. The Balaban J connectivity index is 2.63. The van der Waals surface area contributed by atoms with E-state index in [9.17, 15) is 9.59 Å². The predicted octanol–water partition coefficient (Wildman–Crippen LogP) is 1.76. The molecule has 1 heterocycles. The normalized spacial score (nSPS) is 10.3. The van der Waals surface area contributed by atoms with Crippen LogP contribution in [-0.4, -0.2) is 9.13 Å². The number of aromatic nitrogens is 2. The van der Waals surface area contributed by atoms with E-state index in [1.165, 1.54) is 30.4 Å². The van der Waals surface area contributed by atoms with E-state index in [2.05, 4.69) is 0 Å². The molecule has 1 aromatic carbocycles. The fourth-order valence-corrected chi connectivity index (χ4v) is 2.73. The summed E-state index contributed by atoms with van der Waals surface area (Å²) in [5.41, 5.74) is -1.10. The molecule has 20 heavy (non-hydrogen) atoms. The zero-order valence-corrected chi connectivity index (χ0v) is 12.3. The molecule has 0 saturated heterocycles. The van der Waals surface area contributed by atoms with E-state index in [1.807, 2.05) is 6.07 Å². The molecule has 0 N–H and O–H groups in total. The van der Waals surface area contributed by atoms with Gasteiger partial charge in [0.25, 0.3) is 5.56 Å². The SMILES string of the molecule is Cn1c(Sc2ccc(Cl)cc2)c(C#N)c(=O)n(C)c1=O. The Morgan fingerprint density at radius 3 is 2.30 bits per heavy atom. The summed E-state index contributed by atoms with van der Waals surface area (Å²) in [6, 6.07) is 8.79. The summed E-state index contributed by atoms with van der Waals surface area (Å²) in [4.78, 5) is 24.6. The molecule has 102 valence electrons. The van der Waals surface area contributed by atoms with E-state index in [1.54, 1.807) is 24.3 Å². The Hall–Kier alpha value is -1.97. The minimum atomic E-state index is -0.591. The molecule has 0 aliphatic heterocycles. The van der Waals surface area contributed by atoms with Crippen molar-refractivity contribution in [1.29, 1.82) is 5.26 Å². The van der Waals surface area contributed by atoms with Crippen molar-refractivity contribution in [1.82, 2.24) is 9.13 Å². The van der Waals surface area contributed by atoms with Crippen LogP contribution in [0.1, 0.15) is 5.56 Å². The summed E-state index contributed by atoms with van der Waals surface area (Å²) in [6.45, 7) is 0. The van der Waals surface area contributed by atoms with E-state index in [0.29, 0.717) is 10.0 Å². The number of halogens is 1. The molecule has 0 saturated carbocycles. The maximum absolute atomic E-state index is 11.9. The molecule has 0 bridgehead atoms. The van der Waals surface area contributed by atoms with Gasteiger partial charge in [0, 0.05) is 24.0 Å². The molecule has 2 aromatic rings. The zero-order valence-electron chi connectivity index (χ0n) is 10.8. The molecular weight excluding hydrogens is 298 g/mol. The quantitative estimate of drug-likeness (QED) is 0.793. The average molecular weight is 308 g/mol. The summed E-state index contributed by atoms with van der Waals surface area (Å²) in [7, 11) is 2.88. The summed E-state index contributed by atoms with van der Waals surface area (Å²) >= 11 is 6.99. The lowest BCUT2D eigenvalue weighted by molar-refractivity contribution is 0.631. The fourth-order valence-electron chi connectivity index (χ4n) is 1.66. The Morgan fingerprint density at radius 2 is 1.75 bits per heavy atom. The molecule has 0 atom stereocenters. The van der Waals surface area contributed by atoms with Crippen molar-refractivity contribution in [3.63, 3.8) is 0 Å². The van der Waals surface area contributed by atoms with E-state index >= 15 is 0 Å². The number of nitriles is 1. The molecule has 0 fully saturated rings. The van der Waals surface area contributed by atoms with Gasteiger partial charge in [-0.2, -0.15) is 5.26 Å². The van der Waals surface area contributed by atoms with Crippen LogP contribution in [0.2, 0.25) is 5.02 Å². The number of nitrogens with zero attached hydrogens (tertiary/aromatic N) is 3. The van der Waals surface area contributed by atoms with Crippen molar-refractivity contribution >= 4 is 23.4 Å². The van der Waals surface area contributed by atoms with Gasteiger partial charge in [-0.1, -0.05) is 23.4 Å². The first kappa shape index (κ1) is 14.4. The van der Waals surface area contributed by atoms with Crippen molar-refractivity contribution in [3.05, 3.63) is 55.7 Å². The Labute approximate surface area is 124 Å². The Kier molecular flexibility index (Phi) is 4.02. The number of hydrogen-bond donors (Lipinski definition) is 0. The average Bonchev–Trinajstić information content (AvgIpc) is 2.45. The lowest BCUT2D eigenvalue weighted by Crippen LogP contribution is -2.39. The van der Waals surface area contributed by atoms with Crippen LogP contribution in [0.25, 0.3) is 0 Å². The van der Waals surface area contributed by atoms with Crippen molar-refractivity contribution in [2.75, 3.05) is 0 Å². The standard InChI is InChI=1S/C13H10ClN3O2S/c1-16-11(18)10(7-15)12(17(2)13(16)19)20-9-5-3-8(14)4-6-9/h3-6H,1-2H3. The molecule has 0 aliphatic carbocycles. The van der Waals surface area contributed by atoms with E-state index in [-0.39, 0.29) is 5.56 Å². The van der Waals surface area contributed by atoms with Gasteiger partial charge in [-0.3, -0.25) is 13.9 Å². The Morgan fingerprint density at radius 1 is 1.15 bits per heavy atom. The number of rotatable bonds is 2. The second-order valence-electron chi connectivity index (χ2n) is 4.05. The Bertz CT molecular complexity index is 816. The first-order chi connectivity index (χ1) is 9.45. The van der Waals surface area contributed by atoms with Gasteiger partial charge >= 0.3 is 5.69 Å². The highest BCUT2D eigenvalue weighted by atomic mass is 35.5. The van der Waals surface area contributed by atoms with Gasteiger partial charge in [0.2, 0.25) is 0 Å². The predicted molar refractivity (Wildman–Crippen MR) is 77.2 cm³/mol. The summed E-state index contributed by atoms with van der Waals surface area (Å²) in [5, 5.41) is 10.1. The van der Waals surface area contributed by atoms with Crippen LogP contribution in [0, 0.1) is 11.3 Å². The van der Waals surface area contributed by atoms with Crippen LogP contribution in [0.5, 0.6) is 0 Å². The smallest absolute Gasteiger partial charge is 0.290 e. The second-order valence-corrected chi connectivity index (χ2v) is 5.55. The van der Waals surface area contributed by atoms with Gasteiger partial charge in [0.1, 0.15) is 16.7 Å². The van der Waals surface area contributed by atoms with Gasteiger partial charge in [-0.15, -0.1) is 0 Å². The van der Waals surface area contributed by atoms with Gasteiger partial charge in [-0.05, 0) is 24.3 Å². The lowest BCUT2D eigenvalue weighted by Gasteiger charge is -2.10. The minimum absolute atomic E-state index is 0.0467. The van der Waals surface area contributed by atoms with Crippen molar-refractivity contribution in [3.8, 4) is 6.07 Å². The van der Waals surface area contributed by atoms with Gasteiger partial charge in [-0.25, -0.2) is 4.79 Å². The molecule has 0 radical (unpaired) electrons. The second kappa shape index (κ2) is 5.57. The first-order valence-electron chi connectivity index (χ1n) is 5.59.